The Labute approximate surface area is 161 Å². The van der Waals surface area contributed by atoms with Gasteiger partial charge >= 0.3 is 0 Å². The number of sulfone groups is 1. The first-order valence-corrected chi connectivity index (χ1v) is 9.25. The number of nitrogens with one attached hydrogen (secondary N) is 1. The molecular formula is C16H26IN3O3S. The van der Waals surface area contributed by atoms with Crippen LogP contribution in [0, 0.1) is 0 Å². The second-order valence-corrected chi connectivity index (χ2v) is 9.00. The van der Waals surface area contributed by atoms with Gasteiger partial charge in [0.1, 0.15) is 5.75 Å². The number of halogens is 1. The van der Waals surface area contributed by atoms with Crippen molar-refractivity contribution in [2.24, 2.45) is 4.99 Å². The number of methoxy groups -OCH3 is 1. The molecule has 0 unspecified atom stereocenters. The molecule has 1 fully saturated rings. The molecule has 0 bridgehead atoms. The number of guanidine groups is 1. The van der Waals surface area contributed by atoms with Gasteiger partial charge in [-0.1, -0.05) is 12.1 Å². The predicted octanol–water partition coefficient (Wildman–Crippen LogP) is 1.90. The first-order chi connectivity index (χ1) is 10.8. The molecule has 0 saturated carbocycles. The molecule has 1 aliphatic rings. The smallest absolute Gasteiger partial charge is 0.193 e. The number of rotatable bonds is 3. The summed E-state index contributed by atoms with van der Waals surface area (Å²) in [5, 5.41) is 3.30. The standard InChI is InChI=1S/C16H25N3O3S.HI/c1-16(2)12-19(8-9-23(16,20)21)15(17-3)18-11-13-6-5-7-14(10-13)22-4;/h5-7,10H,8-9,11-12H2,1-4H3,(H,17,18);1H. The lowest BCUT2D eigenvalue weighted by molar-refractivity contribution is 0.353. The highest BCUT2D eigenvalue weighted by molar-refractivity contribution is 14.0. The molecule has 136 valence electrons. The molecule has 1 aromatic carbocycles. The lowest BCUT2D eigenvalue weighted by Gasteiger charge is -2.39. The van der Waals surface area contributed by atoms with Gasteiger partial charge in [0.15, 0.2) is 15.8 Å². The van der Waals surface area contributed by atoms with E-state index in [4.69, 9.17) is 4.74 Å². The van der Waals surface area contributed by atoms with Crippen LogP contribution in [0.2, 0.25) is 0 Å². The summed E-state index contributed by atoms with van der Waals surface area (Å²) in [6.07, 6.45) is 0. The number of aliphatic imine (C=N–C) groups is 1. The van der Waals surface area contributed by atoms with Crippen LogP contribution in [0.4, 0.5) is 0 Å². The molecule has 24 heavy (non-hydrogen) atoms. The first kappa shape index (κ1) is 21.0. The fourth-order valence-corrected chi connectivity index (χ4v) is 3.99. The highest BCUT2D eigenvalue weighted by atomic mass is 127. The lowest BCUT2D eigenvalue weighted by Crippen LogP contribution is -2.57. The zero-order valence-electron chi connectivity index (χ0n) is 14.6. The molecule has 6 nitrogen and oxygen atoms in total. The number of nitrogens with zero attached hydrogens (tertiary/aromatic N) is 2. The van der Waals surface area contributed by atoms with E-state index in [1.54, 1.807) is 28.0 Å². The SMILES string of the molecule is CN=C(NCc1cccc(OC)c1)N1CCS(=O)(=O)C(C)(C)C1.I. The molecule has 0 spiro atoms. The second-order valence-electron chi connectivity index (χ2n) is 6.25. The molecule has 1 aromatic rings. The first-order valence-electron chi connectivity index (χ1n) is 7.60. The van der Waals surface area contributed by atoms with E-state index in [0.29, 0.717) is 19.6 Å². The van der Waals surface area contributed by atoms with Crippen molar-refractivity contribution in [3.63, 3.8) is 0 Å². The monoisotopic (exact) mass is 467 g/mol. The highest BCUT2D eigenvalue weighted by Crippen LogP contribution is 2.23. The molecule has 8 heteroatoms. The molecule has 2 rings (SSSR count). The maximum atomic E-state index is 12.1. The van der Waals surface area contributed by atoms with Crippen molar-refractivity contribution in [2.45, 2.75) is 25.1 Å². The van der Waals surface area contributed by atoms with Crippen molar-refractivity contribution in [3.05, 3.63) is 29.8 Å². The Balaban J connectivity index is 0.00000288. The Morgan fingerprint density at radius 1 is 1.42 bits per heavy atom. The fourth-order valence-electron chi connectivity index (χ4n) is 2.62. The Morgan fingerprint density at radius 3 is 2.71 bits per heavy atom. The van der Waals surface area contributed by atoms with Gasteiger partial charge in [-0.3, -0.25) is 4.99 Å². The van der Waals surface area contributed by atoms with Crippen molar-refractivity contribution in [2.75, 3.05) is 33.0 Å². The molecule has 1 saturated heterocycles. The number of hydrogen-bond donors (Lipinski definition) is 1. The Bertz CT molecular complexity index is 690. The molecule has 0 atom stereocenters. The maximum Gasteiger partial charge on any atom is 0.193 e. The van der Waals surface area contributed by atoms with Crippen LogP contribution in [0.25, 0.3) is 0 Å². The third-order valence-corrected chi connectivity index (χ3v) is 6.67. The lowest BCUT2D eigenvalue weighted by atomic mass is 10.2. The summed E-state index contributed by atoms with van der Waals surface area (Å²) < 4.78 is 28.7. The second kappa shape index (κ2) is 8.37. The topological polar surface area (TPSA) is 71.0 Å². The van der Waals surface area contributed by atoms with Gasteiger partial charge in [-0.15, -0.1) is 24.0 Å². The largest absolute Gasteiger partial charge is 0.497 e. The van der Waals surface area contributed by atoms with Gasteiger partial charge in [-0.05, 0) is 31.5 Å². The van der Waals surface area contributed by atoms with Crippen LogP contribution in [-0.4, -0.2) is 57.0 Å². The van der Waals surface area contributed by atoms with Gasteiger partial charge < -0.3 is 15.0 Å². The van der Waals surface area contributed by atoms with Crippen LogP contribution in [0.1, 0.15) is 19.4 Å². The maximum absolute atomic E-state index is 12.1. The summed E-state index contributed by atoms with van der Waals surface area (Å²) >= 11 is 0. The molecule has 0 amide bonds. The van der Waals surface area contributed by atoms with Crippen molar-refractivity contribution >= 4 is 39.8 Å². The van der Waals surface area contributed by atoms with E-state index in [-0.39, 0.29) is 29.7 Å². The van der Waals surface area contributed by atoms with E-state index >= 15 is 0 Å². The van der Waals surface area contributed by atoms with E-state index in [0.717, 1.165) is 17.3 Å². The summed E-state index contributed by atoms with van der Waals surface area (Å²) in [4.78, 5) is 6.29. The van der Waals surface area contributed by atoms with Crippen LogP contribution in [0.3, 0.4) is 0 Å². The Hall–Kier alpha value is -1.03. The van der Waals surface area contributed by atoms with Crippen LogP contribution < -0.4 is 10.1 Å². The van der Waals surface area contributed by atoms with Crippen LogP contribution in [0.5, 0.6) is 5.75 Å². The third kappa shape index (κ3) is 4.75. The average Bonchev–Trinajstić information content (AvgIpc) is 2.51. The van der Waals surface area contributed by atoms with Crippen LogP contribution >= 0.6 is 24.0 Å². The van der Waals surface area contributed by atoms with Gasteiger partial charge in [0.2, 0.25) is 0 Å². The third-order valence-electron chi connectivity index (χ3n) is 4.14. The van der Waals surface area contributed by atoms with Gasteiger partial charge in [-0.2, -0.15) is 0 Å². The van der Waals surface area contributed by atoms with Crippen molar-refractivity contribution < 1.29 is 13.2 Å². The summed E-state index contributed by atoms with van der Waals surface area (Å²) in [5.41, 5.74) is 1.08. The normalized spacial score (nSPS) is 19.3. The van der Waals surface area contributed by atoms with E-state index in [2.05, 4.69) is 10.3 Å². The van der Waals surface area contributed by atoms with Crippen LogP contribution in [0.15, 0.2) is 29.3 Å². The quantitative estimate of drug-likeness (QED) is 0.418. The van der Waals surface area contributed by atoms with Crippen molar-refractivity contribution in [1.82, 2.24) is 10.2 Å². The summed E-state index contributed by atoms with van der Waals surface area (Å²) in [5.74, 6) is 1.68. The molecule has 1 heterocycles. The minimum atomic E-state index is -3.05. The zero-order valence-corrected chi connectivity index (χ0v) is 17.7. The molecule has 0 radical (unpaired) electrons. The predicted molar refractivity (Wildman–Crippen MR) is 108 cm³/mol. The number of benzene rings is 1. The van der Waals surface area contributed by atoms with Gasteiger partial charge in [0, 0.05) is 26.7 Å². The molecule has 1 aliphatic heterocycles. The Kier molecular flexibility index (Phi) is 7.33. The van der Waals surface area contributed by atoms with Crippen molar-refractivity contribution in [3.8, 4) is 5.75 Å². The fraction of sp³-hybridized carbons (Fsp3) is 0.562. The zero-order chi connectivity index (χ0) is 17.1. The Morgan fingerprint density at radius 2 is 2.12 bits per heavy atom. The summed E-state index contributed by atoms with van der Waals surface area (Å²) in [6, 6.07) is 7.81. The van der Waals surface area contributed by atoms with Crippen LogP contribution in [-0.2, 0) is 16.4 Å². The minimum Gasteiger partial charge on any atom is -0.497 e. The van der Waals surface area contributed by atoms with E-state index in [1.165, 1.54) is 0 Å². The van der Waals surface area contributed by atoms with E-state index in [1.807, 2.05) is 29.2 Å². The van der Waals surface area contributed by atoms with E-state index in [9.17, 15) is 8.42 Å². The minimum absolute atomic E-state index is 0. The summed E-state index contributed by atoms with van der Waals surface area (Å²) in [7, 11) is 0.300. The molecule has 0 aromatic heterocycles. The number of hydrogen-bond acceptors (Lipinski definition) is 4. The summed E-state index contributed by atoms with van der Waals surface area (Å²) in [6.45, 7) is 5.04. The molecular weight excluding hydrogens is 441 g/mol. The van der Waals surface area contributed by atoms with Crippen molar-refractivity contribution in [1.29, 1.82) is 0 Å². The molecule has 1 N–H and O–H groups in total. The number of ether oxygens (including phenoxy) is 1. The van der Waals surface area contributed by atoms with Gasteiger partial charge in [0.25, 0.3) is 0 Å². The van der Waals surface area contributed by atoms with E-state index < -0.39 is 14.6 Å². The van der Waals surface area contributed by atoms with Gasteiger partial charge in [0.05, 0.1) is 17.6 Å². The average molecular weight is 467 g/mol. The van der Waals surface area contributed by atoms with Gasteiger partial charge in [-0.25, -0.2) is 8.42 Å². The molecule has 0 aliphatic carbocycles. The highest BCUT2D eigenvalue weighted by Gasteiger charge is 2.40.